The number of aliphatic hydroxyl groups is 1. The van der Waals surface area contributed by atoms with Crippen molar-refractivity contribution in [2.75, 3.05) is 45.8 Å². The smallest absolute Gasteiger partial charge is 0.193 e. The lowest BCUT2D eigenvalue weighted by molar-refractivity contribution is 0.0824. The van der Waals surface area contributed by atoms with Crippen molar-refractivity contribution in [1.82, 2.24) is 30.3 Å². The number of halogens is 1. The minimum absolute atomic E-state index is 0. The van der Waals surface area contributed by atoms with E-state index in [1.807, 2.05) is 0 Å². The molecule has 3 rings (SSSR count). The predicted molar refractivity (Wildman–Crippen MR) is 118 cm³/mol. The molecule has 0 aromatic carbocycles. The Kier molecular flexibility index (Phi) is 9.77. The van der Waals surface area contributed by atoms with Gasteiger partial charge < -0.3 is 20.2 Å². The van der Waals surface area contributed by atoms with E-state index in [0.717, 1.165) is 89.7 Å². The number of likely N-dealkylation sites (tertiary alicyclic amines) is 2. The molecule has 3 N–H and O–H groups in total. The highest BCUT2D eigenvalue weighted by Gasteiger charge is 2.24. The summed E-state index contributed by atoms with van der Waals surface area (Å²) < 4.78 is 0. The number of guanidine groups is 1. The van der Waals surface area contributed by atoms with E-state index in [9.17, 15) is 5.11 Å². The zero-order valence-electron chi connectivity index (χ0n) is 16.3. The number of aromatic amines is 1. The van der Waals surface area contributed by atoms with Crippen LogP contribution in [0.4, 0.5) is 0 Å². The summed E-state index contributed by atoms with van der Waals surface area (Å²) in [5.41, 5.74) is 0. The fraction of sp³-hybridized carbons (Fsp3) is 0.833. The van der Waals surface area contributed by atoms with Crippen LogP contribution in [0.5, 0.6) is 0 Å². The summed E-state index contributed by atoms with van der Waals surface area (Å²) in [6.45, 7) is 8.97. The number of piperidine rings is 2. The molecule has 0 aliphatic carbocycles. The Bertz CT molecular complexity index is 538. The number of rotatable bonds is 6. The molecule has 0 saturated carbocycles. The molecule has 0 unspecified atom stereocenters. The second kappa shape index (κ2) is 11.8. The lowest BCUT2D eigenvalue weighted by Crippen LogP contribution is -2.45. The lowest BCUT2D eigenvalue weighted by Gasteiger charge is -2.33. The van der Waals surface area contributed by atoms with Crippen LogP contribution in [0.15, 0.2) is 11.3 Å². The molecule has 0 spiro atoms. The first-order valence-electron chi connectivity index (χ1n) is 10.0. The third-order valence-electron chi connectivity index (χ3n) is 5.40. The Morgan fingerprint density at radius 1 is 1.26 bits per heavy atom. The average molecular weight is 491 g/mol. The third kappa shape index (κ3) is 6.86. The molecular formula is C18H34IN7O. The van der Waals surface area contributed by atoms with Crippen molar-refractivity contribution in [1.29, 1.82) is 0 Å². The van der Waals surface area contributed by atoms with Crippen molar-refractivity contribution in [3.63, 3.8) is 0 Å². The summed E-state index contributed by atoms with van der Waals surface area (Å²) in [7, 11) is 0. The highest BCUT2D eigenvalue weighted by molar-refractivity contribution is 14.0. The summed E-state index contributed by atoms with van der Waals surface area (Å²) >= 11 is 0. The normalized spacial score (nSPS) is 20.5. The Labute approximate surface area is 179 Å². The van der Waals surface area contributed by atoms with Gasteiger partial charge in [-0.25, -0.2) is 4.98 Å². The minimum Gasteiger partial charge on any atom is -0.393 e. The largest absolute Gasteiger partial charge is 0.393 e. The molecule has 2 aliphatic heterocycles. The Morgan fingerprint density at radius 2 is 2.00 bits per heavy atom. The van der Waals surface area contributed by atoms with Crippen LogP contribution in [-0.2, 0) is 0 Å². The van der Waals surface area contributed by atoms with Gasteiger partial charge in [-0.3, -0.25) is 10.1 Å². The fourth-order valence-corrected chi connectivity index (χ4v) is 3.82. The molecule has 0 atom stereocenters. The summed E-state index contributed by atoms with van der Waals surface area (Å²) in [5.74, 6) is 2.53. The first-order chi connectivity index (χ1) is 12.8. The maximum atomic E-state index is 9.58. The van der Waals surface area contributed by atoms with Gasteiger partial charge in [-0.15, -0.1) is 24.0 Å². The van der Waals surface area contributed by atoms with E-state index >= 15 is 0 Å². The van der Waals surface area contributed by atoms with E-state index in [1.165, 1.54) is 0 Å². The Balaban J connectivity index is 0.00000261. The maximum Gasteiger partial charge on any atom is 0.193 e. The zero-order chi connectivity index (χ0) is 18.2. The van der Waals surface area contributed by atoms with E-state index < -0.39 is 0 Å². The number of nitrogens with one attached hydrogen (secondary N) is 2. The molecule has 8 nitrogen and oxygen atoms in total. The molecule has 9 heteroatoms. The van der Waals surface area contributed by atoms with Gasteiger partial charge in [0.1, 0.15) is 12.2 Å². The number of nitrogens with zero attached hydrogens (tertiary/aromatic N) is 5. The van der Waals surface area contributed by atoms with Crippen LogP contribution in [-0.4, -0.2) is 88.0 Å². The standard InChI is InChI=1S/C18H33N7O.HI/c1-2-19-18(20-8-3-9-24-10-6-16(26)7-11-24)25-12-4-15(5-13-25)17-21-14-22-23-17;/h14-16,26H,2-13H2,1H3,(H,19,20)(H,21,22,23);1H. The molecule has 0 bridgehead atoms. The Hall–Kier alpha value is -0.940. The number of aliphatic imine (C=N–C) groups is 1. The molecule has 1 aromatic rings. The van der Waals surface area contributed by atoms with Crippen LogP contribution in [0.1, 0.15) is 50.8 Å². The summed E-state index contributed by atoms with van der Waals surface area (Å²) in [6.07, 6.45) is 6.55. The number of hydrogen-bond acceptors (Lipinski definition) is 5. The van der Waals surface area contributed by atoms with Gasteiger partial charge >= 0.3 is 0 Å². The molecule has 1 aromatic heterocycles. The van der Waals surface area contributed by atoms with Gasteiger partial charge in [0.15, 0.2) is 5.96 Å². The molecule has 2 fully saturated rings. The summed E-state index contributed by atoms with van der Waals surface area (Å²) in [6, 6.07) is 0. The molecular weight excluding hydrogens is 457 g/mol. The van der Waals surface area contributed by atoms with Crippen LogP contribution < -0.4 is 5.32 Å². The van der Waals surface area contributed by atoms with Crippen LogP contribution in [0.3, 0.4) is 0 Å². The second-order valence-corrected chi connectivity index (χ2v) is 7.29. The van der Waals surface area contributed by atoms with Crippen molar-refractivity contribution >= 4 is 29.9 Å². The summed E-state index contributed by atoms with van der Waals surface area (Å²) in [4.78, 5) is 14.0. The van der Waals surface area contributed by atoms with Gasteiger partial charge in [-0.05, 0) is 45.6 Å². The maximum absolute atomic E-state index is 9.58. The molecule has 154 valence electrons. The first kappa shape index (κ1) is 22.4. The summed E-state index contributed by atoms with van der Waals surface area (Å²) in [5, 5.41) is 20.0. The highest BCUT2D eigenvalue weighted by atomic mass is 127. The van der Waals surface area contributed by atoms with Crippen molar-refractivity contribution < 1.29 is 5.11 Å². The minimum atomic E-state index is -0.0930. The topological polar surface area (TPSA) is 92.7 Å². The van der Waals surface area contributed by atoms with Crippen LogP contribution in [0.25, 0.3) is 0 Å². The van der Waals surface area contributed by atoms with E-state index in [0.29, 0.717) is 5.92 Å². The molecule has 3 heterocycles. The van der Waals surface area contributed by atoms with Gasteiger partial charge in [0.05, 0.1) is 6.10 Å². The van der Waals surface area contributed by atoms with Gasteiger partial charge in [0, 0.05) is 45.2 Å². The molecule has 2 aliphatic rings. The first-order valence-corrected chi connectivity index (χ1v) is 10.0. The number of aliphatic hydroxyl groups excluding tert-OH is 1. The second-order valence-electron chi connectivity index (χ2n) is 7.29. The number of H-pyrrole nitrogens is 1. The van der Waals surface area contributed by atoms with Gasteiger partial charge in [-0.2, -0.15) is 5.10 Å². The number of hydrogen-bond donors (Lipinski definition) is 3. The van der Waals surface area contributed by atoms with E-state index in [4.69, 9.17) is 4.99 Å². The van der Waals surface area contributed by atoms with Crippen LogP contribution in [0.2, 0.25) is 0 Å². The molecule has 0 radical (unpaired) electrons. The predicted octanol–water partition coefficient (Wildman–Crippen LogP) is 1.41. The molecule has 0 amide bonds. The third-order valence-corrected chi connectivity index (χ3v) is 5.40. The van der Waals surface area contributed by atoms with Crippen LogP contribution in [0, 0.1) is 0 Å². The molecule has 2 saturated heterocycles. The number of aromatic nitrogens is 3. The monoisotopic (exact) mass is 491 g/mol. The van der Waals surface area contributed by atoms with Gasteiger partial charge in [0.2, 0.25) is 0 Å². The van der Waals surface area contributed by atoms with Crippen molar-refractivity contribution in [2.45, 2.75) is 51.0 Å². The van der Waals surface area contributed by atoms with Crippen molar-refractivity contribution in [3.8, 4) is 0 Å². The van der Waals surface area contributed by atoms with E-state index in [-0.39, 0.29) is 30.1 Å². The van der Waals surface area contributed by atoms with Gasteiger partial charge in [0.25, 0.3) is 0 Å². The zero-order valence-corrected chi connectivity index (χ0v) is 18.6. The highest BCUT2D eigenvalue weighted by Crippen LogP contribution is 2.24. The van der Waals surface area contributed by atoms with Crippen LogP contribution >= 0.6 is 24.0 Å². The van der Waals surface area contributed by atoms with E-state index in [2.05, 4.69) is 37.2 Å². The quantitative estimate of drug-likeness (QED) is 0.241. The molecule has 27 heavy (non-hydrogen) atoms. The Morgan fingerprint density at radius 3 is 2.63 bits per heavy atom. The van der Waals surface area contributed by atoms with Crippen molar-refractivity contribution in [3.05, 3.63) is 12.2 Å². The van der Waals surface area contributed by atoms with Gasteiger partial charge in [-0.1, -0.05) is 0 Å². The van der Waals surface area contributed by atoms with E-state index in [1.54, 1.807) is 6.33 Å². The average Bonchev–Trinajstić information content (AvgIpc) is 3.21. The fourth-order valence-electron chi connectivity index (χ4n) is 3.82. The SMILES string of the molecule is CCNC(=NCCCN1CCC(O)CC1)N1CCC(c2ncn[nH]2)CC1.I. The van der Waals surface area contributed by atoms with Crippen molar-refractivity contribution in [2.24, 2.45) is 4.99 Å². The lowest BCUT2D eigenvalue weighted by atomic mass is 9.96.